The smallest absolute Gasteiger partial charge is 0.213 e. The fraction of sp³-hybridized carbons (Fsp3) is 0.273. The van der Waals surface area contributed by atoms with Crippen LogP contribution in [0.5, 0.6) is 11.5 Å². The van der Waals surface area contributed by atoms with Crippen LogP contribution >= 0.6 is 15.9 Å². The van der Waals surface area contributed by atoms with Crippen LogP contribution < -0.4 is 9.47 Å². The Bertz CT molecular complexity index is 516. The van der Waals surface area contributed by atoms with E-state index in [1.807, 2.05) is 0 Å². The average molecular weight is 315 g/mol. The molecule has 6 nitrogen and oxygen atoms in total. The highest BCUT2D eigenvalue weighted by molar-refractivity contribution is 9.10. The molecule has 0 aliphatic heterocycles. The molecule has 18 heavy (non-hydrogen) atoms. The Morgan fingerprint density at radius 3 is 2.89 bits per heavy atom. The van der Waals surface area contributed by atoms with Gasteiger partial charge in [0, 0.05) is 0 Å². The van der Waals surface area contributed by atoms with Crippen LogP contribution in [0.15, 0.2) is 27.5 Å². The number of hydrogen-bond donors (Lipinski definition) is 1. The van der Waals surface area contributed by atoms with Gasteiger partial charge in [-0.2, -0.15) is 4.98 Å². The molecule has 7 heteroatoms. The van der Waals surface area contributed by atoms with Crippen molar-refractivity contribution in [3.05, 3.63) is 34.4 Å². The summed E-state index contributed by atoms with van der Waals surface area (Å²) in [5.41, 5.74) is 0.727. The van der Waals surface area contributed by atoms with Gasteiger partial charge >= 0.3 is 0 Å². The first kappa shape index (κ1) is 12.8. The third-order valence-electron chi connectivity index (χ3n) is 2.22. The number of hydrogen-bond acceptors (Lipinski definition) is 6. The maximum absolute atomic E-state index is 9.10. The third kappa shape index (κ3) is 2.80. The number of rotatable bonds is 5. The summed E-state index contributed by atoms with van der Waals surface area (Å²) in [4.78, 5) is 3.85. The van der Waals surface area contributed by atoms with Gasteiger partial charge in [0.25, 0.3) is 0 Å². The summed E-state index contributed by atoms with van der Waals surface area (Å²) in [6, 6.07) is 3.46. The maximum Gasteiger partial charge on any atom is 0.213 e. The topological polar surface area (TPSA) is 77.6 Å². The summed E-state index contributed by atoms with van der Waals surface area (Å²) < 4.78 is 16.1. The monoisotopic (exact) mass is 314 g/mol. The van der Waals surface area contributed by atoms with Crippen molar-refractivity contribution in [1.82, 2.24) is 10.1 Å². The molecule has 1 heterocycles. The number of methoxy groups -OCH3 is 1. The molecule has 0 aliphatic carbocycles. The second kappa shape index (κ2) is 5.83. The Morgan fingerprint density at radius 1 is 1.44 bits per heavy atom. The van der Waals surface area contributed by atoms with Crippen LogP contribution in [0.3, 0.4) is 0 Å². The highest BCUT2D eigenvalue weighted by Crippen LogP contribution is 2.37. The lowest BCUT2D eigenvalue weighted by Crippen LogP contribution is -2.01. The summed E-state index contributed by atoms with van der Waals surface area (Å²) in [6.07, 6.45) is 1.24. The summed E-state index contributed by atoms with van der Waals surface area (Å²) in [7, 11) is 1.53. The Kier molecular flexibility index (Phi) is 4.16. The number of nitrogens with zero attached hydrogens (tertiary/aromatic N) is 2. The molecule has 0 atom stereocenters. The predicted octanol–water partition coefficient (Wildman–Crippen LogP) is 1.91. The fourth-order valence-corrected chi connectivity index (χ4v) is 2.00. The normalized spacial score (nSPS) is 10.4. The lowest BCUT2D eigenvalue weighted by atomic mass is 10.2. The largest absolute Gasteiger partial charge is 0.493 e. The first-order valence-corrected chi connectivity index (χ1v) is 5.89. The van der Waals surface area contributed by atoms with E-state index in [1.54, 1.807) is 12.1 Å². The molecule has 0 unspecified atom stereocenters. The summed E-state index contributed by atoms with van der Waals surface area (Å²) in [5, 5.41) is 12.7. The SMILES string of the molecule is COc1cc(CO)cc(Br)c1OCc1ncon1. The van der Waals surface area contributed by atoms with Gasteiger partial charge in [-0.1, -0.05) is 5.16 Å². The third-order valence-corrected chi connectivity index (χ3v) is 2.81. The number of halogens is 1. The van der Waals surface area contributed by atoms with Gasteiger partial charge < -0.3 is 19.1 Å². The van der Waals surface area contributed by atoms with Crippen molar-refractivity contribution in [2.75, 3.05) is 7.11 Å². The summed E-state index contributed by atoms with van der Waals surface area (Å²) >= 11 is 3.36. The zero-order chi connectivity index (χ0) is 13.0. The van der Waals surface area contributed by atoms with Gasteiger partial charge in [-0.25, -0.2) is 0 Å². The molecule has 0 bridgehead atoms. The van der Waals surface area contributed by atoms with Crippen molar-refractivity contribution in [2.24, 2.45) is 0 Å². The van der Waals surface area contributed by atoms with E-state index in [0.29, 0.717) is 21.8 Å². The number of ether oxygens (including phenoxy) is 2. The fourth-order valence-electron chi connectivity index (χ4n) is 1.40. The van der Waals surface area contributed by atoms with E-state index >= 15 is 0 Å². The van der Waals surface area contributed by atoms with E-state index in [2.05, 4.69) is 30.6 Å². The lowest BCUT2D eigenvalue weighted by molar-refractivity contribution is 0.264. The Balaban J connectivity index is 2.20. The highest BCUT2D eigenvalue weighted by Gasteiger charge is 2.12. The van der Waals surface area contributed by atoms with Gasteiger partial charge in [-0.05, 0) is 33.6 Å². The quantitative estimate of drug-likeness (QED) is 0.908. The Labute approximate surface area is 112 Å². The zero-order valence-electron chi connectivity index (χ0n) is 9.59. The summed E-state index contributed by atoms with van der Waals surface area (Å²) in [6.45, 7) is 0.101. The van der Waals surface area contributed by atoms with Crippen LogP contribution in [0.2, 0.25) is 0 Å². The molecule has 0 spiro atoms. The van der Waals surface area contributed by atoms with Crippen LogP contribution in [0.25, 0.3) is 0 Å². The number of aromatic nitrogens is 2. The van der Waals surface area contributed by atoms with E-state index < -0.39 is 0 Å². The molecule has 1 aromatic carbocycles. The Hall–Kier alpha value is -1.60. The molecule has 0 saturated heterocycles. The molecular weight excluding hydrogens is 304 g/mol. The van der Waals surface area contributed by atoms with E-state index in [4.69, 9.17) is 14.6 Å². The van der Waals surface area contributed by atoms with Crippen molar-refractivity contribution in [3.63, 3.8) is 0 Å². The molecule has 2 rings (SSSR count). The van der Waals surface area contributed by atoms with Crippen LogP contribution in [-0.4, -0.2) is 22.4 Å². The molecule has 0 fully saturated rings. The van der Waals surface area contributed by atoms with Crippen LogP contribution in [0.4, 0.5) is 0 Å². The van der Waals surface area contributed by atoms with Crippen molar-refractivity contribution < 1.29 is 19.1 Å². The van der Waals surface area contributed by atoms with E-state index in [1.165, 1.54) is 13.5 Å². The van der Waals surface area contributed by atoms with Crippen molar-refractivity contribution in [2.45, 2.75) is 13.2 Å². The molecule has 1 N–H and O–H groups in total. The van der Waals surface area contributed by atoms with Gasteiger partial charge in [0.1, 0.15) is 0 Å². The van der Waals surface area contributed by atoms with Crippen LogP contribution in [-0.2, 0) is 13.2 Å². The molecule has 2 aromatic rings. The first-order valence-electron chi connectivity index (χ1n) is 5.10. The zero-order valence-corrected chi connectivity index (χ0v) is 11.2. The molecule has 1 aromatic heterocycles. The lowest BCUT2D eigenvalue weighted by Gasteiger charge is -2.12. The van der Waals surface area contributed by atoms with Gasteiger partial charge in [0.15, 0.2) is 18.1 Å². The van der Waals surface area contributed by atoms with Gasteiger partial charge in [0.2, 0.25) is 12.2 Å². The van der Waals surface area contributed by atoms with Gasteiger partial charge in [-0.15, -0.1) is 0 Å². The first-order chi connectivity index (χ1) is 8.74. The second-order valence-corrected chi connectivity index (χ2v) is 4.26. The van der Waals surface area contributed by atoms with E-state index in [-0.39, 0.29) is 13.2 Å². The van der Waals surface area contributed by atoms with E-state index in [9.17, 15) is 0 Å². The summed E-state index contributed by atoms with van der Waals surface area (Å²) in [5.74, 6) is 1.49. The minimum atomic E-state index is -0.0694. The average Bonchev–Trinajstić information content (AvgIpc) is 2.89. The van der Waals surface area contributed by atoms with Crippen LogP contribution in [0.1, 0.15) is 11.4 Å². The van der Waals surface area contributed by atoms with Crippen LogP contribution in [0, 0.1) is 0 Å². The molecule has 0 amide bonds. The molecule has 0 radical (unpaired) electrons. The maximum atomic E-state index is 9.10. The molecule has 96 valence electrons. The number of aliphatic hydroxyl groups excluding tert-OH is 1. The highest BCUT2D eigenvalue weighted by atomic mass is 79.9. The molecule has 0 aliphatic rings. The molecule has 0 saturated carbocycles. The van der Waals surface area contributed by atoms with Gasteiger partial charge in [-0.3, -0.25) is 0 Å². The minimum absolute atomic E-state index is 0.0694. The van der Waals surface area contributed by atoms with E-state index in [0.717, 1.165) is 5.56 Å². The standard InChI is InChI=1S/C11H11BrN2O4/c1-16-9-3-7(4-15)2-8(12)11(9)17-5-10-13-6-18-14-10/h2-3,6,15H,4-5H2,1H3. The number of aliphatic hydroxyl groups is 1. The molecular formula is C11H11BrN2O4. The van der Waals surface area contributed by atoms with Gasteiger partial charge in [0.05, 0.1) is 18.2 Å². The number of benzene rings is 1. The van der Waals surface area contributed by atoms with Crippen molar-refractivity contribution in [1.29, 1.82) is 0 Å². The minimum Gasteiger partial charge on any atom is -0.493 e. The van der Waals surface area contributed by atoms with Crippen molar-refractivity contribution in [3.8, 4) is 11.5 Å². The Morgan fingerprint density at radius 2 is 2.28 bits per heavy atom. The van der Waals surface area contributed by atoms with Crippen molar-refractivity contribution >= 4 is 15.9 Å². The second-order valence-electron chi connectivity index (χ2n) is 3.40. The predicted molar refractivity (Wildman–Crippen MR) is 65.2 cm³/mol.